The lowest BCUT2D eigenvalue weighted by Crippen LogP contribution is -2.06. The Morgan fingerprint density at radius 3 is 2.87 bits per heavy atom. The Morgan fingerprint density at radius 1 is 1.47 bits per heavy atom. The van der Waals surface area contributed by atoms with Crippen LogP contribution in [0.2, 0.25) is 0 Å². The highest BCUT2D eigenvalue weighted by atomic mass is 19.1. The highest BCUT2D eigenvalue weighted by Gasteiger charge is 2.14. The molecule has 0 fully saturated rings. The zero-order valence-electron chi connectivity index (χ0n) is 7.36. The molecule has 2 aromatic heterocycles. The zero-order valence-corrected chi connectivity index (χ0v) is 7.36. The second kappa shape index (κ2) is 3.24. The van der Waals surface area contributed by atoms with Crippen LogP contribution in [0.1, 0.15) is 10.6 Å². The predicted molar refractivity (Wildman–Crippen MR) is 47.5 cm³/mol. The van der Waals surface area contributed by atoms with Crippen molar-refractivity contribution in [3.8, 4) is 0 Å². The number of halogens is 1. The molecule has 0 saturated heterocycles. The van der Waals surface area contributed by atoms with E-state index in [2.05, 4.69) is 19.9 Å². The SMILES string of the molecule is Nc1nc(F)nc2nc(C(=O)CO)[nH]c12. The second-order valence-electron chi connectivity index (χ2n) is 2.74. The van der Waals surface area contributed by atoms with Gasteiger partial charge in [-0.1, -0.05) is 0 Å². The van der Waals surface area contributed by atoms with Gasteiger partial charge in [0.1, 0.15) is 12.1 Å². The molecular formula is C7H6FN5O2. The summed E-state index contributed by atoms with van der Waals surface area (Å²) in [5.41, 5.74) is 5.51. The number of aliphatic hydroxyl groups is 1. The minimum atomic E-state index is -1.02. The molecule has 0 aliphatic carbocycles. The van der Waals surface area contributed by atoms with E-state index in [-0.39, 0.29) is 22.8 Å². The normalized spacial score (nSPS) is 10.8. The third-order valence-corrected chi connectivity index (χ3v) is 1.76. The van der Waals surface area contributed by atoms with Crippen molar-refractivity contribution >= 4 is 22.8 Å². The fraction of sp³-hybridized carbons (Fsp3) is 0.143. The Kier molecular flexibility index (Phi) is 2.05. The molecule has 0 atom stereocenters. The van der Waals surface area contributed by atoms with Gasteiger partial charge in [-0.3, -0.25) is 4.79 Å². The molecule has 78 valence electrons. The fourth-order valence-corrected chi connectivity index (χ4v) is 1.10. The number of nitrogens with two attached hydrogens (primary N) is 1. The van der Waals surface area contributed by atoms with Crippen molar-refractivity contribution in [2.45, 2.75) is 0 Å². The van der Waals surface area contributed by atoms with Gasteiger partial charge < -0.3 is 15.8 Å². The molecule has 0 saturated carbocycles. The smallest absolute Gasteiger partial charge is 0.312 e. The Labute approximate surface area is 82.2 Å². The number of imidazole rings is 1. The van der Waals surface area contributed by atoms with Gasteiger partial charge in [0.05, 0.1) is 0 Å². The quantitative estimate of drug-likeness (QED) is 0.444. The highest BCUT2D eigenvalue weighted by molar-refractivity contribution is 5.97. The van der Waals surface area contributed by atoms with Crippen LogP contribution in [0.15, 0.2) is 0 Å². The van der Waals surface area contributed by atoms with E-state index in [1.54, 1.807) is 0 Å². The van der Waals surface area contributed by atoms with Gasteiger partial charge in [-0.15, -0.1) is 0 Å². The maximum atomic E-state index is 12.7. The highest BCUT2D eigenvalue weighted by Crippen LogP contribution is 2.14. The molecule has 0 bridgehead atoms. The summed E-state index contributed by atoms with van der Waals surface area (Å²) < 4.78 is 12.7. The molecule has 8 heteroatoms. The average molecular weight is 211 g/mol. The number of Topliss-reactive ketones (excluding diaryl/α,β-unsaturated/α-hetero) is 1. The number of aliphatic hydroxyl groups excluding tert-OH is 1. The molecule has 2 heterocycles. The van der Waals surface area contributed by atoms with E-state index >= 15 is 0 Å². The van der Waals surface area contributed by atoms with Crippen LogP contribution < -0.4 is 5.73 Å². The van der Waals surface area contributed by atoms with Crippen LogP contribution in [0, 0.1) is 6.08 Å². The minimum Gasteiger partial charge on any atom is -0.388 e. The number of nitrogens with zero attached hydrogens (tertiary/aromatic N) is 3. The number of hydrogen-bond acceptors (Lipinski definition) is 6. The first kappa shape index (κ1) is 9.46. The lowest BCUT2D eigenvalue weighted by atomic mass is 10.4. The van der Waals surface area contributed by atoms with Gasteiger partial charge >= 0.3 is 6.08 Å². The van der Waals surface area contributed by atoms with Crippen LogP contribution in [0.5, 0.6) is 0 Å². The third kappa shape index (κ3) is 1.50. The van der Waals surface area contributed by atoms with Gasteiger partial charge in [0, 0.05) is 0 Å². The van der Waals surface area contributed by atoms with E-state index in [9.17, 15) is 9.18 Å². The van der Waals surface area contributed by atoms with Gasteiger partial charge in [-0.25, -0.2) is 4.98 Å². The number of H-pyrrole nitrogens is 1. The standard InChI is InChI=1S/C7H6FN5O2/c8-7-11-4(9)3-6(13-7)12-5(10-3)2(15)1-14/h14H,1H2,(H3,9,10,11,12,13). The number of anilines is 1. The van der Waals surface area contributed by atoms with Crippen LogP contribution in [-0.2, 0) is 0 Å². The molecule has 2 rings (SSSR count). The van der Waals surface area contributed by atoms with Gasteiger partial charge in [0.25, 0.3) is 0 Å². The molecule has 0 radical (unpaired) electrons. The van der Waals surface area contributed by atoms with E-state index in [4.69, 9.17) is 10.8 Å². The molecule has 0 aromatic carbocycles. The largest absolute Gasteiger partial charge is 0.388 e. The van der Waals surface area contributed by atoms with Crippen LogP contribution >= 0.6 is 0 Å². The number of carbonyl (C=O) groups excluding carboxylic acids is 1. The van der Waals surface area contributed by atoms with Crippen molar-refractivity contribution in [3.05, 3.63) is 11.9 Å². The first-order valence-corrected chi connectivity index (χ1v) is 3.94. The van der Waals surface area contributed by atoms with E-state index in [1.807, 2.05) is 0 Å². The van der Waals surface area contributed by atoms with Gasteiger partial charge in [-0.05, 0) is 0 Å². The molecule has 0 spiro atoms. The van der Waals surface area contributed by atoms with Crippen LogP contribution in [0.3, 0.4) is 0 Å². The van der Waals surface area contributed by atoms with Crippen molar-refractivity contribution in [2.24, 2.45) is 0 Å². The number of aromatic nitrogens is 4. The first-order chi connectivity index (χ1) is 7.11. The molecule has 0 aliphatic heterocycles. The first-order valence-electron chi connectivity index (χ1n) is 3.94. The molecule has 15 heavy (non-hydrogen) atoms. The molecule has 2 aromatic rings. The summed E-state index contributed by atoms with van der Waals surface area (Å²) in [4.78, 5) is 23.8. The molecule has 4 N–H and O–H groups in total. The summed E-state index contributed by atoms with van der Waals surface area (Å²) in [6.07, 6.45) is -1.02. The van der Waals surface area contributed by atoms with Crippen molar-refractivity contribution < 1.29 is 14.3 Å². The number of aromatic amines is 1. The molecule has 0 unspecified atom stereocenters. The van der Waals surface area contributed by atoms with Crippen LogP contribution in [0.25, 0.3) is 11.2 Å². The Balaban J connectivity index is 2.65. The predicted octanol–water partition coefficient (Wildman–Crippen LogP) is -0.751. The molecule has 0 aliphatic rings. The number of nitrogen functional groups attached to an aromatic ring is 1. The minimum absolute atomic E-state index is 0.0446. The maximum Gasteiger partial charge on any atom is 0.312 e. The number of rotatable bonds is 2. The lowest BCUT2D eigenvalue weighted by molar-refractivity contribution is 0.0894. The second-order valence-corrected chi connectivity index (χ2v) is 2.74. The van der Waals surface area contributed by atoms with Gasteiger partial charge in [0.2, 0.25) is 5.78 Å². The summed E-state index contributed by atoms with van der Waals surface area (Å²) in [5.74, 6) is -0.895. The number of fused-ring (bicyclic) bond motifs is 1. The van der Waals surface area contributed by atoms with Crippen LogP contribution in [0.4, 0.5) is 10.2 Å². The third-order valence-electron chi connectivity index (χ3n) is 1.76. The van der Waals surface area contributed by atoms with Crippen molar-refractivity contribution in [2.75, 3.05) is 12.3 Å². The van der Waals surface area contributed by atoms with Crippen molar-refractivity contribution in [1.82, 2.24) is 19.9 Å². The summed E-state index contributed by atoms with van der Waals surface area (Å²) in [7, 11) is 0. The maximum absolute atomic E-state index is 12.7. The van der Waals surface area contributed by atoms with E-state index in [1.165, 1.54) is 0 Å². The molecule has 0 amide bonds. The molecular weight excluding hydrogens is 205 g/mol. The lowest BCUT2D eigenvalue weighted by Gasteiger charge is -1.92. The topological polar surface area (TPSA) is 118 Å². The summed E-state index contributed by atoms with van der Waals surface area (Å²) in [6.45, 7) is -0.699. The number of hydrogen-bond donors (Lipinski definition) is 3. The van der Waals surface area contributed by atoms with Gasteiger partial charge in [0.15, 0.2) is 17.3 Å². The summed E-state index contributed by atoms with van der Waals surface area (Å²) in [6, 6.07) is 0. The Morgan fingerprint density at radius 2 is 2.20 bits per heavy atom. The number of ketones is 1. The Bertz CT molecular complexity index is 537. The summed E-state index contributed by atoms with van der Waals surface area (Å²) >= 11 is 0. The number of nitrogens with one attached hydrogen (secondary N) is 1. The van der Waals surface area contributed by atoms with Crippen molar-refractivity contribution in [1.29, 1.82) is 0 Å². The monoisotopic (exact) mass is 211 g/mol. The van der Waals surface area contributed by atoms with Crippen molar-refractivity contribution in [3.63, 3.8) is 0 Å². The summed E-state index contributed by atoms with van der Waals surface area (Å²) in [5, 5.41) is 8.59. The molecule has 7 nitrogen and oxygen atoms in total. The van der Waals surface area contributed by atoms with E-state index < -0.39 is 18.5 Å². The van der Waals surface area contributed by atoms with Crippen LogP contribution in [-0.4, -0.2) is 37.4 Å². The fourth-order valence-electron chi connectivity index (χ4n) is 1.10. The van der Waals surface area contributed by atoms with Gasteiger partial charge in [-0.2, -0.15) is 14.4 Å². The zero-order chi connectivity index (χ0) is 11.0. The number of carbonyl (C=O) groups is 1. The Hall–Kier alpha value is -2.09. The average Bonchev–Trinajstić information content (AvgIpc) is 2.60. The van der Waals surface area contributed by atoms with E-state index in [0.29, 0.717) is 0 Å². The van der Waals surface area contributed by atoms with E-state index in [0.717, 1.165) is 0 Å².